The normalized spacial score (nSPS) is 54.4. The molecule has 0 aliphatic heterocycles. The molecule has 2 unspecified atom stereocenters. The molecule has 3 aliphatic carbocycles. The van der Waals surface area contributed by atoms with Crippen molar-refractivity contribution in [3.63, 3.8) is 0 Å². The first-order valence-electron chi connectivity index (χ1n) is 4.30. The summed E-state index contributed by atoms with van der Waals surface area (Å²) in [4.78, 5) is 0. The predicted molar refractivity (Wildman–Crippen MR) is 41.5 cm³/mol. The molecule has 0 aromatic heterocycles. The Hall–Kier alpha value is -0.520. The van der Waals surface area contributed by atoms with Crippen LogP contribution >= 0.6 is 0 Å². The van der Waals surface area contributed by atoms with Crippen LogP contribution in [0.1, 0.15) is 12.8 Å². The van der Waals surface area contributed by atoms with Crippen molar-refractivity contribution in [2.45, 2.75) is 12.8 Å². The zero-order valence-electron chi connectivity index (χ0n) is 6.03. The Kier molecular flexibility index (Phi) is 0.803. The van der Waals surface area contributed by atoms with Gasteiger partial charge in [0, 0.05) is 0 Å². The molecule has 1 saturated carbocycles. The van der Waals surface area contributed by atoms with E-state index < -0.39 is 0 Å². The van der Waals surface area contributed by atoms with Gasteiger partial charge in [-0.3, -0.25) is 0 Å². The molecular weight excluding hydrogens is 120 g/mol. The van der Waals surface area contributed by atoms with Gasteiger partial charge in [0.1, 0.15) is 0 Å². The first-order chi connectivity index (χ1) is 4.95. The maximum Gasteiger partial charge on any atom is -0.0133 e. The Bertz CT molecular complexity index is 212. The molecule has 52 valence electrons. The van der Waals surface area contributed by atoms with E-state index in [4.69, 9.17) is 0 Å². The van der Waals surface area contributed by atoms with Gasteiger partial charge in [0.2, 0.25) is 0 Å². The van der Waals surface area contributed by atoms with Gasteiger partial charge >= 0.3 is 0 Å². The maximum atomic E-state index is 2.44. The molecule has 0 N–H and O–H groups in total. The highest BCUT2D eigenvalue weighted by molar-refractivity contribution is 5.21. The smallest absolute Gasteiger partial charge is 0.0133 e. The van der Waals surface area contributed by atoms with Gasteiger partial charge < -0.3 is 0 Å². The highest BCUT2D eigenvalue weighted by Crippen LogP contribution is 2.52. The molecule has 1 fully saturated rings. The summed E-state index contributed by atoms with van der Waals surface area (Å²) in [5.41, 5.74) is 0. The first kappa shape index (κ1) is 5.17. The van der Waals surface area contributed by atoms with Crippen molar-refractivity contribution < 1.29 is 0 Å². The van der Waals surface area contributed by atoms with Crippen LogP contribution in [0.2, 0.25) is 0 Å². The molecule has 0 aromatic rings. The summed E-state index contributed by atoms with van der Waals surface area (Å²) in [6.45, 7) is 0. The summed E-state index contributed by atoms with van der Waals surface area (Å²) in [5.74, 6) is 3.82. The highest BCUT2D eigenvalue weighted by atomic mass is 14.5. The average Bonchev–Trinajstić information content (AvgIpc) is 2.60. The highest BCUT2D eigenvalue weighted by Gasteiger charge is 2.44. The van der Waals surface area contributed by atoms with Crippen LogP contribution in [0, 0.1) is 23.7 Å². The van der Waals surface area contributed by atoms with Crippen LogP contribution in [0.3, 0.4) is 0 Å². The van der Waals surface area contributed by atoms with E-state index in [2.05, 4.69) is 24.3 Å². The van der Waals surface area contributed by atoms with Crippen LogP contribution in [-0.4, -0.2) is 0 Å². The third kappa shape index (κ3) is 0.448. The van der Waals surface area contributed by atoms with Gasteiger partial charge in [-0.05, 0) is 36.5 Å². The molecule has 0 saturated heterocycles. The Morgan fingerprint density at radius 3 is 2.80 bits per heavy atom. The molecular formula is C10H12. The fourth-order valence-electron chi connectivity index (χ4n) is 2.97. The van der Waals surface area contributed by atoms with Crippen molar-refractivity contribution in [1.29, 1.82) is 0 Å². The van der Waals surface area contributed by atoms with Crippen LogP contribution in [0.5, 0.6) is 0 Å². The van der Waals surface area contributed by atoms with Crippen molar-refractivity contribution in [3.8, 4) is 0 Å². The molecule has 0 amide bonds. The molecule has 0 heterocycles. The van der Waals surface area contributed by atoms with E-state index in [9.17, 15) is 0 Å². The lowest BCUT2D eigenvalue weighted by Gasteiger charge is -2.18. The predicted octanol–water partition coefficient (Wildman–Crippen LogP) is 2.38. The minimum absolute atomic E-state index is 0.925. The van der Waals surface area contributed by atoms with Crippen molar-refractivity contribution in [2.75, 3.05) is 0 Å². The lowest BCUT2D eigenvalue weighted by atomic mass is 9.86. The number of rotatable bonds is 0. The second-order valence-corrected chi connectivity index (χ2v) is 3.85. The van der Waals surface area contributed by atoms with Crippen LogP contribution in [0.15, 0.2) is 24.3 Å². The van der Waals surface area contributed by atoms with Gasteiger partial charge in [0.25, 0.3) is 0 Å². The summed E-state index contributed by atoms with van der Waals surface area (Å²) in [6.07, 6.45) is 12.5. The summed E-state index contributed by atoms with van der Waals surface area (Å²) < 4.78 is 0. The largest absolute Gasteiger partial charge is 0.0879 e. The average molecular weight is 132 g/mol. The van der Waals surface area contributed by atoms with E-state index in [0.29, 0.717) is 0 Å². The van der Waals surface area contributed by atoms with E-state index in [-0.39, 0.29) is 0 Å². The van der Waals surface area contributed by atoms with E-state index in [1.54, 1.807) is 0 Å². The summed E-state index contributed by atoms with van der Waals surface area (Å²) in [5, 5.41) is 0. The molecule has 0 spiro atoms. The van der Waals surface area contributed by atoms with Crippen LogP contribution < -0.4 is 0 Å². The van der Waals surface area contributed by atoms with E-state index in [1.165, 1.54) is 12.8 Å². The van der Waals surface area contributed by atoms with Gasteiger partial charge in [-0.25, -0.2) is 0 Å². The SMILES string of the molecule is C1=CC2C(C1)[C@H]1C=C[C@@H]2C1. The quantitative estimate of drug-likeness (QED) is 0.444. The number of fused-ring (bicyclic) bond motifs is 5. The topological polar surface area (TPSA) is 0 Å². The van der Waals surface area contributed by atoms with Crippen molar-refractivity contribution in [2.24, 2.45) is 23.7 Å². The molecule has 10 heavy (non-hydrogen) atoms. The first-order valence-corrected chi connectivity index (χ1v) is 4.30. The van der Waals surface area contributed by atoms with Crippen molar-refractivity contribution in [1.82, 2.24) is 0 Å². The molecule has 0 nitrogen and oxygen atoms in total. The fourth-order valence-corrected chi connectivity index (χ4v) is 2.97. The number of allylic oxidation sites excluding steroid dienone is 4. The molecule has 4 atom stereocenters. The summed E-state index contributed by atoms with van der Waals surface area (Å²) in [7, 11) is 0. The molecule has 0 aromatic carbocycles. The lowest BCUT2D eigenvalue weighted by Crippen LogP contribution is -2.12. The second-order valence-electron chi connectivity index (χ2n) is 3.85. The third-order valence-electron chi connectivity index (χ3n) is 3.46. The molecule has 2 bridgehead atoms. The van der Waals surface area contributed by atoms with Gasteiger partial charge in [0.15, 0.2) is 0 Å². The third-order valence-corrected chi connectivity index (χ3v) is 3.46. The fraction of sp³-hybridized carbons (Fsp3) is 0.600. The van der Waals surface area contributed by atoms with Gasteiger partial charge in [-0.15, -0.1) is 0 Å². The molecule has 0 radical (unpaired) electrons. The minimum atomic E-state index is 0.925. The standard InChI is InChI=1S/C10H12/c1-2-9-7-4-5-8(6-7)10(9)3-1/h1-2,4-5,7-10H,3,6H2/t7-,8+,9?,10?/m1/s1. The van der Waals surface area contributed by atoms with E-state index >= 15 is 0 Å². The minimum Gasteiger partial charge on any atom is -0.0879 e. The Balaban J connectivity index is 2.04. The van der Waals surface area contributed by atoms with Crippen LogP contribution in [0.4, 0.5) is 0 Å². The molecule has 0 heteroatoms. The van der Waals surface area contributed by atoms with Gasteiger partial charge in [0.05, 0.1) is 0 Å². The lowest BCUT2D eigenvalue weighted by molar-refractivity contribution is 0.398. The zero-order valence-corrected chi connectivity index (χ0v) is 6.03. The number of hydrogen-bond donors (Lipinski definition) is 0. The van der Waals surface area contributed by atoms with Crippen LogP contribution in [0.25, 0.3) is 0 Å². The van der Waals surface area contributed by atoms with Crippen LogP contribution in [-0.2, 0) is 0 Å². The Morgan fingerprint density at radius 2 is 1.90 bits per heavy atom. The van der Waals surface area contributed by atoms with Gasteiger partial charge in [-0.1, -0.05) is 24.3 Å². The molecule has 3 rings (SSSR count). The maximum absolute atomic E-state index is 2.44. The van der Waals surface area contributed by atoms with Gasteiger partial charge in [-0.2, -0.15) is 0 Å². The number of hydrogen-bond acceptors (Lipinski definition) is 0. The Labute approximate surface area is 61.6 Å². The van der Waals surface area contributed by atoms with E-state index in [0.717, 1.165) is 23.7 Å². The monoisotopic (exact) mass is 132 g/mol. The summed E-state index contributed by atoms with van der Waals surface area (Å²) >= 11 is 0. The van der Waals surface area contributed by atoms with Crippen molar-refractivity contribution in [3.05, 3.63) is 24.3 Å². The molecule has 3 aliphatic rings. The zero-order chi connectivity index (χ0) is 6.55. The van der Waals surface area contributed by atoms with Crippen molar-refractivity contribution >= 4 is 0 Å². The summed E-state index contributed by atoms with van der Waals surface area (Å²) in [6, 6.07) is 0. The second kappa shape index (κ2) is 1.55. The van der Waals surface area contributed by atoms with E-state index in [1.807, 2.05) is 0 Å². The Morgan fingerprint density at radius 1 is 1.00 bits per heavy atom.